The fourth-order valence-corrected chi connectivity index (χ4v) is 4.96. The molecule has 29 heavy (non-hydrogen) atoms. The van der Waals surface area contributed by atoms with Gasteiger partial charge >= 0.3 is 0 Å². The van der Waals surface area contributed by atoms with Crippen molar-refractivity contribution in [1.29, 1.82) is 0 Å². The zero-order valence-electron chi connectivity index (χ0n) is 16.0. The molecule has 6 nitrogen and oxygen atoms in total. The summed E-state index contributed by atoms with van der Waals surface area (Å²) in [5.41, 5.74) is 0.818. The van der Waals surface area contributed by atoms with Crippen LogP contribution in [0.1, 0.15) is 31.9 Å². The first-order valence-electron chi connectivity index (χ1n) is 9.18. The molecule has 1 amide bonds. The number of carbonyl (C=O) groups excluding carboxylic acids is 1. The van der Waals surface area contributed by atoms with Crippen molar-refractivity contribution >= 4 is 31.9 Å². The van der Waals surface area contributed by atoms with Gasteiger partial charge in [0.15, 0.2) is 0 Å². The predicted molar refractivity (Wildman–Crippen MR) is 110 cm³/mol. The molecule has 3 rings (SSSR count). The van der Waals surface area contributed by atoms with Crippen LogP contribution in [-0.4, -0.2) is 27.0 Å². The Bertz CT molecular complexity index is 1010. The van der Waals surface area contributed by atoms with Crippen molar-refractivity contribution in [2.24, 2.45) is 5.92 Å². The van der Waals surface area contributed by atoms with E-state index < -0.39 is 32.7 Å². The number of ether oxygens (including phenoxy) is 1. The van der Waals surface area contributed by atoms with Crippen molar-refractivity contribution in [3.63, 3.8) is 0 Å². The van der Waals surface area contributed by atoms with Crippen LogP contribution >= 0.6 is 15.9 Å². The average Bonchev–Trinajstić information content (AvgIpc) is 2.66. The maximum atomic E-state index is 14.0. The van der Waals surface area contributed by atoms with Gasteiger partial charge in [0.25, 0.3) is 0 Å². The minimum atomic E-state index is -4.21. The van der Waals surface area contributed by atoms with Crippen LogP contribution < -0.4 is 14.8 Å². The van der Waals surface area contributed by atoms with Gasteiger partial charge in [-0.1, -0.05) is 41.9 Å². The summed E-state index contributed by atoms with van der Waals surface area (Å²) in [6, 6.07) is 9.23. The number of hydrogen-bond acceptors (Lipinski definition) is 4. The van der Waals surface area contributed by atoms with Crippen molar-refractivity contribution in [1.82, 2.24) is 10.0 Å². The smallest absolute Gasteiger partial charge is 0.244 e. The first-order chi connectivity index (χ1) is 13.7. The molecule has 2 aromatic rings. The number of fused-ring (bicyclic) bond motifs is 1. The number of rotatable bonds is 6. The van der Waals surface area contributed by atoms with Gasteiger partial charge < -0.3 is 10.1 Å². The van der Waals surface area contributed by atoms with Crippen LogP contribution in [0.4, 0.5) is 4.39 Å². The highest BCUT2D eigenvalue weighted by Gasteiger charge is 2.32. The first kappa shape index (κ1) is 21.7. The molecule has 2 N–H and O–H groups in total. The molecule has 0 aromatic heterocycles. The zero-order valence-corrected chi connectivity index (χ0v) is 18.4. The lowest BCUT2D eigenvalue weighted by molar-refractivity contribution is -0.124. The van der Waals surface area contributed by atoms with Gasteiger partial charge in [-0.3, -0.25) is 4.79 Å². The van der Waals surface area contributed by atoms with Gasteiger partial charge in [-0.05, 0) is 36.2 Å². The Morgan fingerprint density at radius 2 is 1.97 bits per heavy atom. The average molecular weight is 485 g/mol. The van der Waals surface area contributed by atoms with E-state index in [1.807, 2.05) is 18.2 Å². The normalized spacial score (nSPS) is 17.3. The van der Waals surface area contributed by atoms with Crippen molar-refractivity contribution in [3.8, 4) is 5.75 Å². The van der Waals surface area contributed by atoms with Crippen LogP contribution in [0.3, 0.4) is 0 Å². The summed E-state index contributed by atoms with van der Waals surface area (Å²) in [4.78, 5) is 12.5. The molecule has 0 saturated heterocycles. The molecule has 0 saturated carbocycles. The minimum absolute atomic E-state index is 0.317. The Labute approximate surface area is 178 Å². The summed E-state index contributed by atoms with van der Waals surface area (Å²) in [5, 5.41) is 2.91. The fraction of sp³-hybridized carbons (Fsp3) is 0.350. The van der Waals surface area contributed by atoms with Crippen LogP contribution in [0, 0.1) is 11.7 Å². The Kier molecular flexibility index (Phi) is 6.60. The van der Waals surface area contributed by atoms with Crippen molar-refractivity contribution < 1.29 is 22.3 Å². The van der Waals surface area contributed by atoms with Gasteiger partial charge in [-0.2, -0.15) is 4.72 Å². The number of nitrogens with one attached hydrogen (secondary N) is 2. The second-order valence-electron chi connectivity index (χ2n) is 7.15. The van der Waals surface area contributed by atoms with Crippen molar-refractivity contribution in [3.05, 3.63) is 58.3 Å². The standard InChI is InChI=1S/C20H22BrFN2O4S/c1-12(2)19(24-29(26,27)18-6-4-3-5-15(18)22)20(25)23-16-9-10-28-17-8-7-13(21)11-14(16)17/h3-8,11-12,16,19,24H,9-10H2,1-2H3,(H,23,25)/t16?,19-/m0/s1. The molecule has 2 aromatic carbocycles. The van der Waals surface area contributed by atoms with Gasteiger partial charge in [0.05, 0.1) is 12.6 Å². The van der Waals surface area contributed by atoms with Crippen LogP contribution in [0.25, 0.3) is 0 Å². The lowest BCUT2D eigenvalue weighted by Gasteiger charge is -2.29. The van der Waals surface area contributed by atoms with E-state index in [2.05, 4.69) is 26.0 Å². The maximum Gasteiger partial charge on any atom is 0.244 e. The zero-order chi connectivity index (χ0) is 21.2. The second kappa shape index (κ2) is 8.81. The molecule has 156 valence electrons. The van der Waals surface area contributed by atoms with E-state index in [4.69, 9.17) is 4.74 Å². The molecule has 0 fully saturated rings. The summed E-state index contributed by atoms with van der Waals surface area (Å²) >= 11 is 3.41. The molecule has 9 heteroatoms. The number of sulfonamides is 1. The minimum Gasteiger partial charge on any atom is -0.493 e. The van der Waals surface area contributed by atoms with E-state index in [0.29, 0.717) is 18.8 Å². The van der Waals surface area contributed by atoms with E-state index in [1.165, 1.54) is 18.2 Å². The third-order valence-electron chi connectivity index (χ3n) is 4.69. The second-order valence-corrected chi connectivity index (χ2v) is 9.75. The highest BCUT2D eigenvalue weighted by atomic mass is 79.9. The fourth-order valence-electron chi connectivity index (χ4n) is 3.16. The summed E-state index contributed by atoms with van der Waals surface area (Å²) in [7, 11) is -4.21. The molecular formula is C20H22BrFN2O4S. The van der Waals surface area contributed by atoms with E-state index in [0.717, 1.165) is 16.1 Å². The Balaban J connectivity index is 1.81. The molecule has 1 aliphatic heterocycles. The molecule has 1 unspecified atom stereocenters. The Morgan fingerprint density at radius 3 is 2.66 bits per heavy atom. The van der Waals surface area contributed by atoms with Crippen LogP contribution in [0.15, 0.2) is 51.8 Å². The van der Waals surface area contributed by atoms with Crippen LogP contribution in [-0.2, 0) is 14.8 Å². The Hall–Kier alpha value is -1.97. The number of halogens is 2. The highest BCUT2D eigenvalue weighted by molar-refractivity contribution is 9.10. The number of hydrogen-bond donors (Lipinski definition) is 2. The third kappa shape index (κ3) is 4.96. The third-order valence-corrected chi connectivity index (χ3v) is 6.65. The SMILES string of the molecule is CC(C)[C@H](NS(=O)(=O)c1ccccc1F)C(=O)NC1CCOc2ccc(Br)cc21. The van der Waals surface area contributed by atoms with Gasteiger partial charge in [-0.25, -0.2) is 12.8 Å². The highest BCUT2D eigenvalue weighted by Crippen LogP contribution is 2.34. The maximum absolute atomic E-state index is 14.0. The molecule has 1 aliphatic rings. The molecule has 1 heterocycles. The van der Waals surface area contributed by atoms with Crippen LogP contribution in [0.2, 0.25) is 0 Å². The predicted octanol–water partition coefficient (Wildman–Crippen LogP) is 3.53. The van der Waals surface area contributed by atoms with Gasteiger partial charge in [0, 0.05) is 16.5 Å². The first-order valence-corrected chi connectivity index (χ1v) is 11.5. The Morgan fingerprint density at radius 1 is 1.24 bits per heavy atom. The summed E-state index contributed by atoms with van der Waals surface area (Å²) in [6.07, 6.45) is 0.556. The van der Waals surface area contributed by atoms with E-state index in [1.54, 1.807) is 13.8 Å². The monoisotopic (exact) mass is 484 g/mol. The quantitative estimate of drug-likeness (QED) is 0.656. The largest absolute Gasteiger partial charge is 0.493 e. The lowest BCUT2D eigenvalue weighted by atomic mass is 9.98. The molecule has 0 spiro atoms. The summed E-state index contributed by atoms with van der Waals surface area (Å²) in [5.74, 6) is -1.01. The van der Waals surface area contributed by atoms with Gasteiger partial charge in [0.2, 0.25) is 15.9 Å². The topological polar surface area (TPSA) is 84.5 Å². The molecule has 0 bridgehead atoms. The van der Waals surface area contributed by atoms with Crippen LogP contribution in [0.5, 0.6) is 5.75 Å². The van der Waals surface area contributed by atoms with E-state index in [9.17, 15) is 17.6 Å². The van der Waals surface area contributed by atoms with E-state index >= 15 is 0 Å². The van der Waals surface area contributed by atoms with Gasteiger partial charge in [-0.15, -0.1) is 0 Å². The molecule has 0 aliphatic carbocycles. The van der Waals surface area contributed by atoms with E-state index in [-0.39, 0.29) is 12.0 Å². The van der Waals surface area contributed by atoms with Gasteiger partial charge in [0.1, 0.15) is 22.5 Å². The molecular weight excluding hydrogens is 463 g/mol. The summed E-state index contributed by atoms with van der Waals surface area (Å²) in [6.45, 7) is 3.89. The number of benzene rings is 2. The number of carbonyl (C=O) groups is 1. The van der Waals surface area contributed by atoms with Crippen molar-refractivity contribution in [2.45, 2.75) is 37.2 Å². The molecule has 2 atom stereocenters. The molecule has 0 radical (unpaired) electrons. The summed E-state index contributed by atoms with van der Waals surface area (Å²) < 4.78 is 48.1. The number of amides is 1. The lowest BCUT2D eigenvalue weighted by Crippen LogP contribution is -2.50. The van der Waals surface area contributed by atoms with Crippen molar-refractivity contribution in [2.75, 3.05) is 6.61 Å².